The molecule has 3 aliphatic carbocycles. The van der Waals surface area contributed by atoms with E-state index in [1.54, 1.807) is 0 Å². The number of aliphatic hydroxyl groups excluding tert-OH is 1. The number of aliphatic hydroxyl groups is 1. The van der Waals surface area contributed by atoms with Gasteiger partial charge in [-0.15, -0.1) is 5.10 Å². The summed E-state index contributed by atoms with van der Waals surface area (Å²) in [7, 11) is 0. The lowest BCUT2D eigenvalue weighted by Crippen LogP contribution is -2.63. The number of thioether (sulfide) groups is 1. The maximum Gasteiger partial charge on any atom is 0.316 e. The quantitative estimate of drug-likeness (QED) is 0.432. The van der Waals surface area contributed by atoms with Gasteiger partial charge in [0.25, 0.3) is 0 Å². The van der Waals surface area contributed by atoms with E-state index in [0.717, 1.165) is 25.7 Å². The van der Waals surface area contributed by atoms with Crippen LogP contribution in [0.5, 0.6) is 0 Å². The number of aromatic nitrogens is 3. The second-order valence-corrected chi connectivity index (χ2v) is 12.1. The van der Waals surface area contributed by atoms with Crippen molar-refractivity contribution in [1.29, 1.82) is 0 Å². The van der Waals surface area contributed by atoms with Gasteiger partial charge >= 0.3 is 5.97 Å². The molecule has 4 rings (SSSR count). The van der Waals surface area contributed by atoms with Crippen LogP contribution in [0.4, 0.5) is 5.95 Å². The summed E-state index contributed by atoms with van der Waals surface area (Å²) in [6, 6.07) is 0. The maximum absolute atomic E-state index is 13.4. The Morgan fingerprint density at radius 2 is 2.06 bits per heavy atom. The number of ketones is 1. The smallest absolute Gasteiger partial charge is 0.316 e. The molecule has 0 aliphatic heterocycles. The minimum atomic E-state index is -0.562. The van der Waals surface area contributed by atoms with Crippen molar-refractivity contribution >= 4 is 29.5 Å². The van der Waals surface area contributed by atoms with Gasteiger partial charge in [-0.3, -0.25) is 9.59 Å². The first kappa shape index (κ1) is 24.5. The van der Waals surface area contributed by atoms with Crippen molar-refractivity contribution in [2.75, 3.05) is 11.5 Å². The Kier molecular flexibility index (Phi) is 6.36. The SMILES string of the molecule is CCC1(C)CC(OC(=O)CSc2n[nH]c(N)n2)C2(C)CCC(C)C3(CCC(=O)C23)C(C)C1O. The van der Waals surface area contributed by atoms with Crippen LogP contribution < -0.4 is 5.73 Å². The summed E-state index contributed by atoms with van der Waals surface area (Å²) in [6.07, 6.45) is 3.50. The number of Topliss-reactive ketones (excluding diaryl/α,β-unsaturated/α-hetero) is 1. The second kappa shape index (κ2) is 8.56. The molecule has 0 saturated heterocycles. The number of H-pyrrole nitrogens is 1. The van der Waals surface area contributed by atoms with Crippen LogP contribution in [0.2, 0.25) is 0 Å². The molecule has 184 valence electrons. The van der Waals surface area contributed by atoms with Gasteiger partial charge in [0.1, 0.15) is 11.9 Å². The van der Waals surface area contributed by atoms with Gasteiger partial charge in [0, 0.05) is 17.8 Å². The molecular formula is C24H38N4O4S. The third-order valence-corrected chi connectivity index (χ3v) is 10.5. The Balaban J connectivity index is 1.68. The molecule has 4 N–H and O–H groups in total. The summed E-state index contributed by atoms with van der Waals surface area (Å²) in [6.45, 7) is 10.8. The van der Waals surface area contributed by atoms with E-state index in [1.807, 2.05) is 0 Å². The van der Waals surface area contributed by atoms with Crippen molar-refractivity contribution in [3.05, 3.63) is 0 Å². The molecule has 8 nitrogen and oxygen atoms in total. The number of nitrogen functional groups attached to an aromatic ring is 1. The maximum atomic E-state index is 13.4. The number of esters is 1. The van der Waals surface area contributed by atoms with E-state index in [4.69, 9.17) is 10.5 Å². The molecule has 1 heterocycles. The summed E-state index contributed by atoms with van der Waals surface area (Å²) >= 11 is 1.17. The number of hydrogen-bond acceptors (Lipinski definition) is 8. The largest absolute Gasteiger partial charge is 0.461 e. The van der Waals surface area contributed by atoms with E-state index < -0.39 is 23.0 Å². The molecule has 0 amide bonds. The third kappa shape index (κ3) is 3.79. The van der Waals surface area contributed by atoms with E-state index in [2.05, 4.69) is 49.8 Å². The van der Waals surface area contributed by atoms with E-state index in [1.165, 1.54) is 11.8 Å². The van der Waals surface area contributed by atoms with Crippen molar-refractivity contribution < 1.29 is 19.4 Å². The van der Waals surface area contributed by atoms with Crippen LogP contribution in [-0.4, -0.2) is 50.0 Å². The average molecular weight is 479 g/mol. The highest BCUT2D eigenvalue weighted by Gasteiger charge is 2.68. The zero-order chi connectivity index (χ0) is 24.2. The summed E-state index contributed by atoms with van der Waals surface area (Å²) in [5.41, 5.74) is 4.46. The van der Waals surface area contributed by atoms with Gasteiger partial charge in [-0.25, -0.2) is 5.10 Å². The van der Waals surface area contributed by atoms with Crippen molar-refractivity contribution in [1.82, 2.24) is 15.2 Å². The molecule has 9 heteroatoms. The second-order valence-electron chi connectivity index (χ2n) is 11.2. The fraction of sp³-hybridized carbons (Fsp3) is 0.833. The van der Waals surface area contributed by atoms with Crippen LogP contribution >= 0.6 is 11.8 Å². The van der Waals surface area contributed by atoms with Crippen molar-refractivity contribution in [3.63, 3.8) is 0 Å². The molecule has 8 atom stereocenters. The van der Waals surface area contributed by atoms with Crippen LogP contribution in [0.3, 0.4) is 0 Å². The van der Waals surface area contributed by atoms with E-state index in [0.29, 0.717) is 23.9 Å². The number of nitrogens with one attached hydrogen (secondary N) is 1. The first-order valence-corrected chi connectivity index (χ1v) is 13.2. The molecule has 1 aromatic rings. The number of carbonyl (C=O) groups is 2. The molecule has 3 fully saturated rings. The van der Waals surface area contributed by atoms with Gasteiger partial charge in [-0.1, -0.05) is 46.4 Å². The number of carbonyl (C=O) groups excluding carboxylic acids is 2. The molecule has 33 heavy (non-hydrogen) atoms. The molecule has 2 bridgehead atoms. The van der Waals surface area contributed by atoms with E-state index in [9.17, 15) is 14.7 Å². The fourth-order valence-electron chi connectivity index (χ4n) is 7.51. The molecule has 0 aromatic carbocycles. The monoisotopic (exact) mass is 478 g/mol. The molecule has 3 saturated carbocycles. The highest BCUT2D eigenvalue weighted by atomic mass is 32.2. The minimum absolute atomic E-state index is 0.0110. The van der Waals surface area contributed by atoms with Crippen molar-refractivity contribution in [2.24, 2.45) is 34.0 Å². The zero-order valence-electron chi connectivity index (χ0n) is 20.4. The Bertz CT molecular complexity index is 924. The van der Waals surface area contributed by atoms with Crippen LogP contribution in [0.15, 0.2) is 5.16 Å². The summed E-state index contributed by atoms with van der Waals surface area (Å²) < 4.78 is 6.19. The minimum Gasteiger partial charge on any atom is -0.461 e. The average Bonchev–Trinajstić information content (AvgIpc) is 3.37. The van der Waals surface area contributed by atoms with Gasteiger partial charge in [-0.05, 0) is 54.8 Å². The topological polar surface area (TPSA) is 131 Å². The number of aromatic amines is 1. The predicted octanol–water partition coefficient (Wildman–Crippen LogP) is 3.61. The fourth-order valence-corrected chi connectivity index (χ4v) is 8.10. The highest BCUT2D eigenvalue weighted by molar-refractivity contribution is 7.99. The molecule has 0 radical (unpaired) electrons. The van der Waals surface area contributed by atoms with Gasteiger partial charge in [-0.2, -0.15) is 4.98 Å². The Morgan fingerprint density at radius 3 is 2.70 bits per heavy atom. The van der Waals surface area contributed by atoms with Crippen LogP contribution in [0.1, 0.15) is 73.1 Å². The van der Waals surface area contributed by atoms with Crippen LogP contribution in [0, 0.1) is 34.0 Å². The number of anilines is 1. The molecule has 8 unspecified atom stereocenters. The lowest BCUT2D eigenvalue weighted by molar-refractivity contribution is -0.209. The Hall–Kier alpha value is -1.61. The molecule has 0 spiro atoms. The van der Waals surface area contributed by atoms with Crippen molar-refractivity contribution in [3.8, 4) is 0 Å². The van der Waals surface area contributed by atoms with Gasteiger partial charge in [0.2, 0.25) is 11.1 Å². The number of nitrogens with zero attached hydrogens (tertiary/aromatic N) is 2. The number of nitrogens with two attached hydrogens (primary N) is 1. The normalized spacial score (nSPS) is 43.0. The molecule has 1 aromatic heterocycles. The summed E-state index contributed by atoms with van der Waals surface area (Å²) in [5.74, 6) is 0.337. The van der Waals surface area contributed by atoms with E-state index in [-0.39, 0.29) is 40.7 Å². The zero-order valence-corrected chi connectivity index (χ0v) is 21.2. The van der Waals surface area contributed by atoms with Gasteiger partial charge < -0.3 is 15.6 Å². The van der Waals surface area contributed by atoms with E-state index >= 15 is 0 Å². The summed E-state index contributed by atoms with van der Waals surface area (Å²) in [5, 5.41) is 18.6. The van der Waals surface area contributed by atoms with Gasteiger partial charge in [0.15, 0.2) is 0 Å². The first-order chi connectivity index (χ1) is 15.5. The molecular weight excluding hydrogens is 440 g/mol. The number of ether oxygens (including phenoxy) is 1. The predicted molar refractivity (Wildman–Crippen MR) is 126 cm³/mol. The first-order valence-electron chi connectivity index (χ1n) is 12.2. The third-order valence-electron chi connectivity index (χ3n) is 9.66. The van der Waals surface area contributed by atoms with Crippen LogP contribution in [0.25, 0.3) is 0 Å². The Labute approximate surface area is 200 Å². The lowest BCUT2D eigenvalue weighted by atomic mass is 9.43. The highest BCUT2D eigenvalue weighted by Crippen LogP contribution is 2.68. The lowest BCUT2D eigenvalue weighted by Gasteiger charge is -2.62. The summed E-state index contributed by atoms with van der Waals surface area (Å²) in [4.78, 5) is 30.4. The Morgan fingerprint density at radius 1 is 1.33 bits per heavy atom. The number of rotatable bonds is 5. The number of hydrogen-bond donors (Lipinski definition) is 3. The van der Waals surface area contributed by atoms with Crippen LogP contribution in [-0.2, 0) is 14.3 Å². The van der Waals surface area contributed by atoms with Crippen molar-refractivity contribution in [2.45, 2.75) is 90.5 Å². The van der Waals surface area contributed by atoms with Gasteiger partial charge in [0.05, 0.1) is 11.9 Å². The molecule has 3 aliphatic rings. The standard InChI is InChI=1S/C24H38N4O4S/c1-6-22(4)11-16(32-17(30)12-33-21-26-20(25)27-28-21)23(5)9-7-13(2)24(14(3)19(22)31)10-8-15(29)18(23)24/h13-14,16,18-19,31H,6-12H2,1-5H3,(H3,25,26,27,28).